The summed E-state index contributed by atoms with van der Waals surface area (Å²) in [5.41, 5.74) is 5.87. The number of rotatable bonds is 2. The standard InChI is InChI=1S/C9H9BrF2N2/c10-5-3-6(13)9(8(12)7(5)11)14-4-1-2-4/h3-4,14H,1-2,13H2. The van der Waals surface area contributed by atoms with Crippen molar-refractivity contribution >= 4 is 27.3 Å². The SMILES string of the molecule is Nc1cc(Br)c(F)c(F)c1NC1CC1. The lowest BCUT2D eigenvalue weighted by Gasteiger charge is -2.10. The minimum Gasteiger partial charge on any atom is -0.397 e. The number of nitrogens with two attached hydrogens (primary N) is 1. The first kappa shape index (κ1) is 9.71. The van der Waals surface area contributed by atoms with E-state index >= 15 is 0 Å². The van der Waals surface area contributed by atoms with Gasteiger partial charge in [0.05, 0.1) is 15.8 Å². The van der Waals surface area contributed by atoms with Gasteiger partial charge in [0, 0.05) is 6.04 Å². The number of nitrogens with one attached hydrogen (secondary N) is 1. The zero-order valence-corrected chi connectivity index (χ0v) is 8.87. The summed E-state index contributed by atoms with van der Waals surface area (Å²) in [4.78, 5) is 0. The summed E-state index contributed by atoms with van der Waals surface area (Å²) in [6.45, 7) is 0. The van der Waals surface area contributed by atoms with Gasteiger partial charge in [0.2, 0.25) is 0 Å². The first-order chi connectivity index (χ1) is 6.59. The van der Waals surface area contributed by atoms with E-state index in [0.717, 1.165) is 12.8 Å². The highest BCUT2D eigenvalue weighted by molar-refractivity contribution is 9.10. The Hall–Kier alpha value is -0.840. The second-order valence-corrected chi connectivity index (χ2v) is 4.22. The molecule has 1 aliphatic rings. The Bertz CT molecular complexity index is 378. The predicted molar refractivity (Wildman–Crippen MR) is 55.1 cm³/mol. The molecule has 0 radical (unpaired) electrons. The van der Waals surface area contributed by atoms with Gasteiger partial charge in [0.1, 0.15) is 0 Å². The largest absolute Gasteiger partial charge is 0.397 e. The average molecular weight is 263 g/mol. The molecule has 0 spiro atoms. The van der Waals surface area contributed by atoms with Crippen molar-refractivity contribution < 1.29 is 8.78 Å². The van der Waals surface area contributed by atoms with Crippen molar-refractivity contribution in [3.05, 3.63) is 22.2 Å². The fourth-order valence-corrected chi connectivity index (χ4v) is 1.61. The molecule has 1 saturated carbocycles. The molecule has 0 unspecified atom stereocenters. The molecule has 2 rings (SSSR count). The number of hydrogen-bond donors (Lipinski definition) is 2. The molecule has 5 heteroatoms. The second-order valence-electron chi connectivity index (χ2n) is 3.37. The highest BCUT2D eigenvalue weighted by Crippen LogP contribution is 2.34. The van der Waals surface area contributed by atoms with Crippen LogP contribution in [0.1, 0.15) is 12.8 Å². The minimum atomic E-state index is -0.913. The first-order valence-corrected chi connectivity index (χ1v) is 5.08. The molecule has 1 aliphatic carbocycles. The molecule has 0 saturated heterocycles. The van der Waals surface area contributed by atoms with Gasteiger partial charge in [0.15, 0.2) is 11.6 Å². The van der Waals surface area contributed by atoms with Crippen LogP contribution in [-0.4, -0.2) is 6.04 Å². The molecule has 0 amide bonds. The molecular weight excluding hydrogens is 254 g/mol. The highest BCUT2D eigenvalue weighted by atomic mass is 79.9. The molecule has 14 heavy (non-hydrogen) atoms. The number of benzene rings is 1. The average Bonchev–Trinajstić information content (AvgIpc) is 2.92. The number of anilines is 2. The zero-order valence-electron chi connectivity index (χ0n) is 7.28. The van der Waals surface area contributed by atoms with E-state index in [4.69, 9.17) is 5.73 Å². The van der Waals surface area contributed by atoms with Gasteiger partial charge in [-0.1, -0.05) is 0 Å². The monoisotopic (exact) mass is 262 g/mol. The van der Waals surface area contributed by atoms with Crippen LogP contribution in [0.2, 0.25) is 0 Å². The van der Waals surface area contributed by atoms with Crippen molar-refractivity contribution in [3.63, 3.8) is 0 Å². The van der Waals surface area contributed by atoms with Crippen LogP contribution in [0.3, 0.4) is 0 Å². The maximum atomic E-state index is 13.4. The molecule has 1 aromatic rings. The number of hydrogen-bond acceptors (Lipinski definition) is 2. The summed E-state index contributed by atoms with van der Waals surface area (Å²) in [5, 5.41) is 2.86. The van der Waals surface area contributed by atoms with Crippen molar-refractivity contribution in [2.45, 2.75) is 18.9 Å². The molecule has 2 nitrogen and oxygen atoms in total. The summed E-state index contributed by atoms with van der Waals surface area (Å²) in [6, 6.07) is 1.61. The maximum Gasteiger partial charge on any atom is 0.185 e. The molecule has 0 bridgehead atoms. The van der Waals surface area contributed by atoms with Crippen LogP contribution in [-0.2, 0) is 0 Å². The third kappa shape index (κ3) is 1.68. The molecule has 1 aromatic carbocycles. The Morgan fingerprint density at radius 3 is 2.57 bits per heavy atom. The van der Waals surface area contributed by atoms with Gasteiger partial charge in [0.25, 0.3) is 0 Å². The first-order valence-electron chi connectivity index (χ1n) is 4.29. The third-order valence-electron chi connectivity index (χ3n) is 2.12. The van der Waals surface area contributed by atoms with Crippen LogP contribution in [0.5, 0.6) is 0 Å². The topological polar surface area (TPSA) is 38.0 Å². The molecule has 0 aromatic heterocycles. The quantitative estimate of drug-likeness (QED) is 0.636. The van der Waals surface area contributed by atoms with Crippen LogP contribution in [0.4, 0.5) is 20.2 Å². The van der Waals surface area contributed by atoms with Gasteiger partial charge in [-0.25, -0.2) is 8.78 Å². The lowest BCUT2D eigenvalue weighted by atomic mass is 10.2. The van der Waals surface area contributed by atoms with Crippen molar-refractivity contribution in [2.24, 2.45) is 0 Å². The molecule has 76 valence electrons. The minimum absolute atomic E-state index is 0.0499. The molecule has 3 N–H and O–H groups in total. The highest BCUT2D eigenvalue weighted by Gasteiger charge is 2.25. The van der Waals surface area contributed by atoms with E-state index in [0.29, 0.717) is 0 Å². The Labute approximate surface area is 88.6 Å². The van der Waals surface area contributed by atoms with Crippen LogP contribution in [0.15, 0.2) is 10.5 Å². The second kappa shape index (κ2) is 3.38. The molecule has 0 aliphatic heterocycles. The van der Waals surface area contributed by atoms with Gasteiger partial charge >= 0.3 is 0 Å². The van der Waals surface area contributed by atoms with Gasteiger partial charge in [-0.3, -0.25) is 0 Å². The van der Waals surface area contributed by atoms with E-state index in [9.17, 15) is 8.78 Å². The summed E-state index contributed by atoms with van der Waals surface area (Å²) in [6.07, 6.45) is 1.97. The molecular formula is C9H9BrF2N2. The van der Waals surface area contributed by atoms with Crippen molar-refractivity contribution in [1.82, 2.24) is 0 Å². The maximum absolute atomic E-state index is 13.4. The Morgan fingerprint density at radius 2 is 2.00 bits per heavy atom. The van der Waals surface area contributed by atoms with Crippen LogP contribution in [0.25, 0.3) is 0 Å². The van der Waals surface area contributed by atoms with Gasteiger partial charge in [-0.15, -0.1) is 0 Å². The van der Waals surface area contributed by atoms with Crippen molar-refractivity contribution in [3.8, 4) is 0 Å². The van der Waals surface area contributed by atoms with E-state index in [1.54, 1.807) is 0 Å². The molecule has 0 heterocycles. The third-order valence-corrected chi connectivity index (χ3v) is 2.70. The van der Waals surface area contributed by atoms with Crippen molar-refractivity contribution in [2.75, 3.05) is 11.1 Å². The fraction of sp³-hybridized carbons (Fsp3) is 0.333. The van der Waals surface area contributed by atoms with Crippen LogP contribution < -0.4 is 11.1 Å². The Balaban J connectivity index is 2.40. The predicted octanol–water partition coefficient (Wildman–Crippen LogP) is 2.88. The Kier molecular flexibility index (Phi) is 2.34. The van der Waals surface area contributed by atoms with Gasteiger partial charge in [-0.2, -0.15) is 0 Å². The van der Waals surface area contributed by atoms with E-state index < -0.39 is 11.6 Å². The summed E-state index contributed by atoms with van der Waals surface area (Å²) < 4.78 is 26.5. The van der Waals surface area contributed by atoms with E-state index in [1.807, 2.05) is 0 Å². The lowest BCUT2D eigenvalue weighted by molar-refractivity contribution is 0.507. The van der Waals surface area contributed by atoms with Crippen LogP contribution in [0, 0.1) is 11.6 Å². The van der Waals surface area contributed by atoms with E-state index in [-0.39, 0.29) is 21.9 Å². The smallest absolute Gasteiger partial charge is 0.185 e. The number of nitrogen functional groups attached to an aromatic ring is 1. The number of halogens is 3. The van der Waals surface area contributed by atoms with Gasteiger partial charge < -0.3 is 11.1 Å². The summed E-state index contributed by atoms with van der Waals surface area (Å²) in [5.74, 6) is -1.81. The summed E-state index contributed by atoms with van der Waals surface area (Å²) in [7, 11) is 0. The van der Waals surface area contributed by atoms with Crippen molar-refractivity contribution in [1.29, 1.82) is 0 Å². The van der Waals surface area contributed by atoms with Gasteiger partial charge in [-0.05, 0) is 34.8 Å². The molecule has 1 fully saturated rings. The molecule has 0 atom stereocenters. The zero-order chi connectivity index (χ0) is 10.3. The van der Waals surface area contributed by atoms with Crippen LogP contribution >= 0.6 is 15.9 Å². The Morgan fingerprint density at radius 1 is 1.36 bits per heavy atom. The van der Waals surface area contributed by atoms with E-state index in [1.165, 1.54) is 6.07 Å². The fourth-order valence-electron chi connectivity index (χ4n) is 1.19. The summed E-state index contributed by atoms with van der Waals surface area (Å²) >= 11 is 2.89. The lowest BCUT2D eigenvalue weighted by Crippen LogP contribution is -2.08. The van der Waals surface area contributed by atoms with E-state index in [2.05, 4.69) is 21.2 Å². The normalized spacial score (nSPS) is 15.6.